The molecule has 2 atom stereocenters. The minimum atomic E-state index is -0.665. The maximum Gasteiger partial charge on any atom is 0.244 e. The number of piperazine rings is 1. The van der Waals surface area contributed by atoms with Crippen LogP contribution in [0.2, 0.25) is 0 Å². The van der Waals surface area contributed by atoms with Crippen molar-refractivity contribution in [2.24, 2.45) is 0 Å². The van der Waals surface area contributed by atoms with Gasteiger partial charge in [0.2, 0.25) is 17.7 Å². The van der Waals surface area contributed by atoms with E-state index in [0.29, 0.717) is 30.9 Å². The number of fused-ring (bicyclic) bond motifs is 3. The number of carbonyl (C=O) groups is 3. The number of hydrogen-bond acceptors (Lipinski definition) is 5. The van der Waals surface area contributed by atoms with Gasteiger partial charge in [0, 0.05) is 24.0 Å². The fourth-order valence-corrected chi connectivity index (χ4v) is 9.60. The van der Waals surface area contributed by atoms with Crippen LogP contribution in [0.15, 0.2) is 66.9 Å². The third-order valence-electron chi connectivity index (χ3n) is 12.5. The number of hydrogen-bond donors (Lipinski definition) is 2. The molecule has 4 aliphatic rings. The number of unbranched alkanes of at least 4 members (excludes halogenated alkanes) is 8. The van der Waals surface area contributed by atoms with Crippen molar-refractivity contribution in [1.29, 1.82) is 0 Å². The largest absolute Gasteiger partial charge is 0.325 e. The minimum absolute atomic E-state index is 0.0136. The lowest BCUT2D eigenvalue weighted by Crippen LogP contribution is -2.72. The molecule has 2 N–H and O–H groups in total. The minimum Gasteiger partial charge on any atom is -0.325 e. The van der Waals surface area contributed by atoms with Crippen LogP contribution in [-0.2, 0) is 38.2 Å². The van der Waals surface area contributed by atoms with Gasteiger partial charge in [-0.1, -0.05) is 114 Å². The third kappa shape index (κ3) is 6.72. The normalized spacial score (nSPS) is 23.5. The highest BCUT2D eigenvalue weighted by molar-refractivity contribution is 6.06. The second kappa shape index (κ2) is 14.9. The molecule has 1 saturated heterocycles. The summed E-state index contributed by atoms with van der Waals surface area (Å²) < 4.78 is 0. The van der Waals surface area contributed by atoms with Crippen LogP contribution in [-0.4, -0.2) is 57.7 Å². The Bertz CT molecular complexity index is 1740. The van der Waals surface area contributed by atoms with Gasteiger partial charge in [-0.3, -0.25) is 19.3 Å². The van der Waals surface area contributed by atoms with Crippen molar-refractivity contribution >= 4 is 29.2 Å². The van der Waals surface area contributed by atoms with Crippen LogP contribution in [0, 0.1) is 0 Å². The SMILES string of the molecule is CCCCCCCCCCCN1C[C@@](C)(c2ccccc2)N(CC(=O)Nc2ccc3c(c2)C[C@@]2(C3)C(=O)Nc3ncccc32)C(=O)C12CCCC2. The quantitative estimate of drug-likeness (QED) is 0.168. The number of anilines is 2. The molecule has 0 radical (unpaired) electrons. The molecule has 1 saturated carbocycles. The molecule has 1 aromatic heterocycles. The van der Waals surface area contributed by atoms with Gasteiger partial charge in [0.1, 0.15) is 17.9 Å². The van der Waals surface area contributed by atoms with E-state index in [1.54, 1.807) is 6.20 Å². The molecule has 2 aromatic carbocycles. The molecule has 3 heterocycles. The van der Waals surface area contributed by atoms with Crippen LogP contribution < -0.4 is 10.6 Å². The highest BCUT2D eigenvalue weighted by Crippen LogP contribution is 2.48. The van der Waals surface area contributed by atoms with Crippen LogP contribution in [0.4, 0.5) is 11.5 Å². The Balaban J connectivity index is 1.06. The number of nitrogens with zero attached hydrogens (tertiary/aromatic N) is 3. The van der Waals surface area contributed by atoms with E-state index in [1.165, 1.54) is 51.4 Å². The van der Waals surface area contributed by atoms with Crippen molar-refractivity contribution in [3.63, 3.8) is 0 Å². The number of rotatable bonds is 14. The van der Waals surface area contributed by atoms with Gasteiger partial charge in [-0.25, -0.2) is 4.98 Å². The smallest absolute Gasteiger partial charge is 0.244 e. The zero-order valence-electron chi connectivity index (χ0n) is 30.6. The molecule has 270 valence electrons. The van der Waals surface area contributed by atoms with Crippen LogP contribution in [0.5, 0.6) is 0 Å². The van der Waals surface area contributed by atoms with Crippen molar-refractivity contribution in [1.82, 2.24) is 14.8 Å². The Labute approximate surface area is 303 Å². The Morgan fingerprint density at radius 2 is 1.57 bits per heavy atom. The molecule has 8 heteroatoms. The topological polar surface area (TPSA) is 94.6 Å². The van der Waals surface area contributed by atoms with E-state index >= 15 is 0 Å². The summed E-state index contributed by atoms with van der Waals surface area (Å²) in [4.78, 5) is 50.9. The molecule has 2 fully saturated rings. The van der Waals surface area contributed by atoms with Gasteiger partial charge < -0.3 is 15.5 Å². The van der Waals surface area contributed by atoms with E-state index in [1.807, 2.05) is 53.4 Å². The molecule has 0 unspecified atom stereocenters. The second-order valence-corrected chi connectivity index (χ2v) is 15.8. The first-order valence-corrected chi connectivity index (χ1v) is 19.6. The van der Waals surface area contributed by atoms with Gasteiger partial charge in [0.15, 0.2) is 0 Å². The first-order chi connectivity index (χ1) is 24.8. The summed E-state index contributed by atoms with van der Waals surface area (Å²) in [7, 11) is 0. The summed E-state index contributed by atoms with van der Waals surface area (Å²) in [6.07, 6.45) is 18.1. The van der Waals surface area contributed by atoms with Crippen LogP contribution in [0.1, 0.15) is 120 Å². The van der Waals surface area contributed by atoms with E-state index in [-0.39, 0.29) is 24.3 Å². The maximum atomic E-state index is 14.9. The number of nitrogens with one attached hydrogen (secondary N) is 2. The molecule has 7 rings (SSSR count). The zero-order chi connectivity index (χ0) is 35.5. The molecule has 2 aliphatic carbocycles. The predicted octanol–water partition coefficient (Wildman–Crippen LogP) is 7.91. The molecule has 0 bridgehead atoms. The first-order valence-electron chi connectivity index (χ1n) is 19.6. The monoisotopic (exact) mass is 689 g/mol. The third-order valence-corrected chi connectivity index (χ3v) is 12.5. The maximum absolute atomic E-state index is 14.9. The summed E-state index contributed by atoms with van der Waals surface area (Å²) >= 11 is 0. The summed E-state index contributed by atoms with van der Waals surface area (Å²) in [5.74, 6) is 0.517. The van der Waals surface area contributed by atoms with Crippen molar-refractivity contribution in [3.8, 4) is 0 Å². The number of benzene rings is 2. The molecule has 51 heavy (non-hydrogen) atoms. The van der Waals surface area contributed by atoms with Crippen molar-refractivity contribution < 1.29 is 14.4 Å². The van der Waals surface area contributed by atoms with Gasteiger partial charge in [-0.05, 0) is 80.5 Å². The highest BCUT2D eigenvalue weighted by atomic mass is 16.2. The first kappa shape index (κ1) is 35.4. The lowest BCUT2D eigenvalue weighted by Gasteiger charge is -2.56. The van der Waals surface area contributed by atoms with Crippen molar-refractivity contribution in [2.45, 2.75) is 127 Å². The van der Waals surface area contributed by atoms with Crippen LogP contribution >= 0.6 is 0 Å². The summed E-state index contributed by atoms with van der Waals surface area (Å²) in [6, 6.07) is 20.1. The summed E-state index contributed by atoms with van der Waals surface area (Å²) in [5.41, 5.74) is 3.00. The number of pyridine rings is 1. The van der Waals surface area contributed by atoms with Crippen molar-refractivity contribution in [3.05, 3.63) is 89.1 Å². The zero-order valence-corrected chi connectivity index (χ0v) is 30.6. The Kier molecular flexibility index (Phi) is 10.3. The van der Waals surface area contributed by atoms with E-state index < -0.39 is 16.5 Å². The van der Waals surface area contributed by atoms with Gasteiger partial charge in [0.05, 0.1) is 11.0 Å². The Morgan fingerprint density at radius 1 is 0.863 bits per heavy atom. The molecule has 8 nitrogen and oxygen atoms in total. The van der Waals surface area contributed by atoms with Crippen molar-refractivity contribution in [2.75, 3.05) is 30.3 Å². The average molecular weight is 690 g/mol. The highest BCUT2D eigenvalue weighted by Gasteiger charge is 2.57. The molecule has 2 spiro atoms. The number of carbonyl (C=O) groups excluding carboxylic acids is 3. The molecule has 3 amide bonds. The number of amides is 3. The average Bonchev–Trinajstić information content (AvgIpc) is 3.85. The van der Waals surface area contributed by atoms with E-state index in [4.69, 9.17) is 0 Å². The van der Waals surface area contributed by atoms with Crippen LogP contribution in [0.3, 0.4) is 0 Å². The fraction of sp³-hybridized carbons (Fsp3) is 0.535. The fourth-order valence-electron chi connectivity index (χ4n) is 9.60. The summed E-state index contributed by atoms with van der Waals surface area (Å²) in [5, 5.41) is 6.11. The van der Waals surface area contributed by atoms with Crippen LogP contribution in [0.25, 0.3) is 0 Å². The Hall–Kier alpha value is -4.04. The van der Waals surface area contributed by atoms with E-state index in [9.17, 15) is 14.4 Å². The van der Waals surface area contributed by atoms with Gasteiger partial charge >= 0.3 is 0 Å². The predicted molar refractivity (Wildman–Crippen MR) is 203 cm³/mol. The second-order valence-electron chi connectivity index (χ2n) is 15.8. The lowest BCUT2D eigenvalue weighted by atomic mass is 9.79. The lowest BCUT2D eigenvalue weighted by molar-refractivity contribution is -0.167. The summed E-state index contributed by atoms with van der Waals surface area (Å²) in [6.45, 7) is 6.03. The molecular weight excluding hydrogens is 635 g/mol. The van der Waals surface area contributed by atoms with Gasteiger partial charge in [0.25, 0.3) is 0 Å². The number of aromatic nitrogens is 1. The van der Waals surface area contributed by atoms with Gasteiger partial charge in [-0.15, -0.1) is 0 Å². The molecular formula is C43H55N5O3. The van der Waals surface area contributed by atoms with E-state index in [2.05, 4.69) is 46.5 Å². The Morgan fingerprint density at radius 3 is 2.31 bits per heavy atom. The van der Waals surface area contributed by atoms with Gasteiger partial charge in [-0.2, -0.15) is 0 Å². The van der Waals surface area contributed by atoms with E-state index in [0.717, 1.165) is 60.9 Å². The standard InChI is InChI=1S/C43H55N5O3/c1-3-4-5-6-7-8-9-10-16-26-47-31-41(2,34-18-12-11-13-19-34)48(40(51)43(47)23-14-15-24-43)30-37(49)45-35-22-21-32-28-42(29-33(32)27-35)36-20-17-25-44-38(36)46-39(42)50/h11-13,17-22,25,27H,3-10,14-16,23-24,26,28-31H2,1-2H3,(H,45,49)(H,44,46,50)/t41-,42+/m0/s1. The molecule has 2 aliphatic heterocycles. The molecule has 3 aromatic rings.